The molecule has 0 aliphatic carbocycles. The molecule has 1 saturated heterocycles. The first kappa shape index (κ1) is 8.10. The fourth-order valence-electron chi connectivity index (χ4n) is 1.52. The summed E-state index contributed by atoms with van der Waals surface area (Å²) < 4.78 is 0. The van der Waals surface area contributed by atoms with Gasteiger partial charge in [-0.05, 0) is 18.6 Å². The number of rotatable bonds is 1. The zero-order valence-corrected chi connectivity index (χ0v) is 7.69. The molecule has 2 rings (SSSR count). The van der Waals surface area contributed by atoms with E-state index in [1.165, 1.54) is 25.0 Å². The van der Waals surface area contributed by atoms with Crippen LogP contribution in [0.4, 0.5) is 0 Å². The summed E-state index contributed by atoms with van der Waals surface area (Å²) in [5.41, 5.74) is 0. The molecule has 12 heavy (non-hydrogen) atoms. The first-order chi connectivity index (χ1) is 5.86. The first-order valence-electron chi connectivity index (χ1n) is 4.32. The van der Waals surface area contributed by atoms with Crippen molar-refractivity contribution in [1.29, 1.82) is 0 Å². The summed E-state index contributed by atoms with van der Waals surface area (Å²) >= 11 is 1.92. The van der Waals surface area contributed by atoms with Crippen LogP contribution in [-0.2, 0) is 4.79 Å². The monoisotopic (exact) mass is 184 g/mol. The third kappa shape index (κ3) is 1.63. The van der Waals surface area contributed by atoms with Gasteiger partial charge < -0.3 is 5.32 Å². The molecule has 0 spiro atoms. The van der Waals surface area contributed by atoms with Gasteiger partial charge in [0.2, 0.25) is 5.91 Å². The molecule has 2 aliphatic heterocycles. The van der Waals surface area contributed by atoms with Crippen molar-refractivity contribution in [3.05, 3.63) is 0 Å². The standard InChI is InChI=1S/C8H12N2OS/c11-7-5-9-8(10-7)6-3-1-2-4-12-6/h6H,1-5H2,(H,9,10,11). The van der Waals surface area contributed by atoms with E-state index >= 15 is 0 Å². The highest BCUT2D eigenvalue weighted by Gasteiger charge is 2.24. The lowest BCUT2D eigenvalue weighted by Crippen LogP contribution is -2.33. The maximum absolute atomic E-state index is 10.9. The quantitative estimate of drug-likeness (QED) is 0.655. The fourth-order valence-corrected chi connectivity index (χ4v) is 2.80. The van der Waals surface area contributed by atoms with E-state index in [0.29, 0.717) is 11.8 Å². The minimum absolute atomic E-state index is 0.0520. The van der Waals surface area contributed by atoms with E-state index in [4.69, 9.17) is 0 Å². The van der Waals surface area contributed by atoms with Crippen LogP contribution in [0, 0.1) is 0 Å². The summed E-state index contributed by atoms with van der Waals surface area (Å²) in [6, 6.07) is 0. The molecule has 0 aromatic heterocycles. The summed E-state index contributed by atoms with van der Waals surface area (Å²) in [5, 5.41) is 3.28. The van der Waals surface area contributed by atoms with Crippen LogP contribution in [0.3, 0.4) is 0 Å². The van der Waals surface area contributed by atoms with Crippen molar-refractivity contribution >= 4 is 23.5 Å². The van der Waals surface area contributed by atoms with Crippen LogP contribution >= 0.6 is 11.8 Å². The number of carbonyl (C=O) groups is 1. The molecule has 0 aromatic carbocycles. The fraction of sp³-hybridized carbons (Fsp3) is 0.750. The molecule has 2 aliphatic rings. The number of amides is 1. The van der Waals surface area contributed by atoms with Gasteiger partial charge >= 0.3 is 0 Å². The van der Waals surface area contributed by atoms with E-state index in [-0.39, 0.29) is 5.91 Å². The van der Waals surface area contributed by atoms with Crippen LogP contribution in [0.25, 0.3) is 0 Å². The largest absolute Gasteiger partial charge is 0.312 e. The van der Waals surface area contributed by atoms with E-state index in [9.17, 15) is 4.79 Å². The predicted molar refractivity (Wildman–Crippen MR) is 50.5 cm³/mol. The second kappa shape index (κ2) is 3.47. The van der Waals surface area contributed by atoms with Crippen molar-refractivity contribution in [3.63, 3.8) is 0 Å². The van der Waals surface area contributed by atoms with Gasteiger partial charge in [-0.2, -0.15) is 11.8 Å². The highest BCUT2D eigenvalue weighted by Crippen LogP contribution is 2.26. The molecule has 1 unspecified atom stereocenters. The number of hydrogen-bond acceptors (Lipinski definition) is 3. The lowest BCUT2D eigenvalue weighted by molar-refractivity contribution is -0.117. The average Bonchev–Trinajstić information content (AvgIpc) is 2.54. The molecule has 0 aromatic rings. The number of nitrogens with one attached hydrogen (secondary N) is 1. The highest BCUT2D eigenvalue weighted by atomic mass is 32.2. The van der Waals surface area contributed by atoms with E-state index in [0.717, 1.165) is 5.84 Å². The molecule has 1 N–H and O–H groups in total. The Labute approximate surface area is 76.0 Å². The van der Waals surface area contributed by atoms with Gasteiger partial charge in [0, 0.05) is 0 Å². The third-order valence-corrected chi connectivity index (χ3v) is 3.53. The van der Waals surface area contributed by atoms with Crippen LogP contribution in [0.1, 0.15) is 19.3 Å². The van der Waals surface area contributed by atoms with E-state index in [2.05, 4.69) is 10.3 Å². The minimum atomic E-state index is 0.0520. The summed E-state index contributed by atoms with van der Waals surface area (Å²) in [5.74, 6) is 2.18. The van der Waals surface area contributed by atoms with Gasteiger partial charge in [0.15, 0.2) is 0 Å². The predicted octanol–water partition coefficient (Wildman–Crippen LogP) is 0.800. The Bertz CT molecular complexity index is 221. The molecular formula is C8H12N2OS. The Balaban J connectivity index is 1.95. The second-order valence-corrected chi connectivity index (χ2v) is 4.42. The van der Waals surface area contributed by atoms with Gasteiger partial charge in [-0.25, -0.2) is 0 Å². The maximum atomic E-state index is 10.9. The highest BCUT2D eigenvalue weighted by molar-refractivity contribution is 8.00. The maximum Gasteiger partial charge on any atom is 0.247 e. The number of nitrogens with zero attached hydrogens (tertiary/aromatic N) is 1. The average molecular weight is 184 g/mol. The number of carbonyl (C=O) groups excluding carboxylic acids is 1. The Kier molecular flexibility index (Phi) is 2.35. The van der Waals surface area contributed by atoms with Gasteiger partial charge in [-0.3, -0.25) is 9.79 Å². The summed E-state index contributed by atoms with van der Waals surface area (Å²) in [6.45, 7) is 0.340. The molecule has 0 radical (unpaired) electrons. The summed E-state index contributed by atoms with van der Waals surface area (Å²) in [6.07, 6.45) is 3.75. The summed E-state index contributed by atoms with van der Waals surface area (Å²) in [4.78, 5) is 15.0. The van der Waals surface area contributed by atoms with Crippen LogP contribution in [0.2, 0.25) is 0 Å². The van der Waals surface area contributed by atoms with Crippen LogP contribution in [0.15, 0.2) is 4.99 Å². The number of thioether (sulfide) groups is 1. The number of aliphatic imine (C=N–C) groups is 1. The van der Waals surface area contributed by atoms with Crippen molar-refractivity contribution in [2.75, 3.05) is 12.3 Å². The van der Waals surface area contributed by atoms with Crippen molar-refractivity contribution in [1.82, 2.24) is 5.32 Å². The molecular weight excluding hydrogens is 172 g/mol. The van der Waals surface area contributed by atoms with Gasteiger partial charge in [0.05, 0.1) is 5.25 Å². The first-order valence-corrected chi connectivity index (χ1v) is 5.37. The molecule has 66 valence electrons. The van der Waals surface area contributed by atoms with Crippen molar-refractivity contribution in [2.45, 2.75) is 24.5 Å². The molecule has 0 saturated carbocycles. The van der Waals surface area contributed by atoms with Crippen LogP contribution in [-0.4, -0.2) is 29.3 Å². The Hall–Kier alpha value is -0.510. The van der Waals surface area contributed by atoms with Gasteiger partial charge in [-0.1, -0.05) is 6.42 Å². The molecule has 4 heteroatoms. The zero-order valence-electron chi connectivity index (χ0n) is 6.88. The van der Waals surface area contributed by atoms with Gasteiger partial charge in [0.1, 0.15) is 12.4 Å². The molecule has 2 heterocycles. The van der Waals surface area contributed by atoms with Crippen molar-refractivity contribution in [3.8, 4) is 0 Å². The topological polar surface area (TPSA) is 41.5 Å². The Morgan fingerprint density at radius 1 is 1.50 bits per heavy atom. The van der Waals surface area contributed by atoms with E-state index < -0.39 is 0 Å². The third-order valence-electron chi connectivity index (χ3n) is 2.15. The normalized spacial score (nSPS) is 29.8. The van der Waals surface area contributed by atoms with Crippen LogP contribution in [0.5, 0.6) is 0 Å². The SMILES string of the molecule is O=C1CN=C(C2CCCCS2)N1. The minimum Gasteiger partial charge on any atom is -0.312 e. The van der Waals surface area contributed by atoms with E-state index in [1.54, 1.807) is 0 Å². The van der Waals surface area contributed by atoms with Crippen molar-refractivity contribution < 1.29 is 4.79 Å². The smallest absolute Gasteiger partial charge is 0.247 e. The Morgan fingerprint density at radius 3 is 3.00 bits per heavy atom. The number of amidine groups is 1. The van der Waals surface area contributed by atoms with Crippen molar-refractivity contribution in [2.24, 2.45) is 4.99 Å². The van der Waals surface area contributed by atoms with Gasteiger partial charge in [0.25, 0.3) is 0 Å². The lowest BCUT2D eigenvalue weighted by atomic mass is 10.2. The number of hydrogen-bond donors (Lipinski definition) is 1. The zero-order chi connectivity index (χ0) is 8.39. The molecule has 0 bridgehead atoms. The molecule has 3 nitrogen and oxygen atoms in total. The molecule has 1 fully saturated rings. The second-order valence-electron chi connectivity index (χ2n) is 3.10. The van der Waals surface area contributed by atoms with Gasteiger partial charge in [-0.15, -0.1) is 0 Å². The lowest BCUT2D eigenvalue weighted by Gasteiger charge is -2.20. The summed E-state index contributed by atoms with van der Waals surface area (Å²) in [7, 11) is 0. The van der Waals surface area contributed by atoms with E-state index in [1.807, 2.05) is 11.8 Å². The molecule has 1 atom stereocenters. The van der Waals surface area contributed by atoms with Crippen LogP contribution < -0.4 is 5.32 Å². The molecule has 1 amide bonds. The Morgan fingerprint density at radius 2 is 2.42 bits per heavy atom.